The van der Waals surface area contributed by atoms with Crippen molar-refractivity contribution < 1.29 is 16.7 Å². The quantitative estimate of drug-likeness (QED) is 0.254. The summed E-state index contributed by atoms with van der Waals surface area (Å²) in [6.45, 7) is 19.2. The van der Waals surface area contributed by atoms with E-state index in [9.17, 15) is 0 Å². The molecule has 0 saturated heterocycles. The van der Waals surface area contributed by atoms with Gasteiger partial charge in [0, 0.05) is 5.71 Å². The molecule has 0 spiro atoms. The Morgan fingerprint density at radius 1 is 0.310 bits per heavy atom. The summed E-state index contributed by atoms with van der Waals surface area (Å²) in [6, 6.07) is 0. The zero-order valence-corrected chi connectivity index (χ0v) is 40.5. The molecule has 0 aromatic rings. The predicted molar refractivity (Wildman–Crippen MR) is 265 cm³/mol. The second kappa shape index (κ2) is 27.5. The summed E-state index contributed by atoms with van der Waals surface area (Å²) >= 11 is 0. The fraction of sp³-hybridized carbons (Fsp3) is 0.929. The zero-order chi connectivity index (χ0) is 39.9. The van der Waals surface area contributed by atoms with Crippen molar-refractivity contribution in [3.63, 3.8) is 0 Å². The molecule has 0 aromatic carbocycles. The van der Waals surface area contributed by atoms with E-state index in [2.05, 4.69) is 67.5 Å². The first-order valence-electron chi connectivity index (χ1n) is 26.4. The van der Waals surface area contributed by atoms with Gasteiger partial charge in [-0.15, -0.1) is 0 Å². The van der Waals surface area contributed by atoms with Gasteiger partial charge in [0.1, 0.15) is 0 Å². The molecule has 0 heterocycles. The Morgan fingerprint density at radius 3 is 0.897 bits per heavy atom. The summed E-state index contributed by atoms with van der Waals surface area (Å²) in [6.07, 6.45) is 49.8. The minimum absolute atomic E-state index is 0. The molecule has 0 radical (unpaired) electrons. The van der Waals surface area contributed by atoms with Crippen molar-refractivity contribution in [1.29, 1.82) is 0 Å². The molecule has 6 fully saturated rings. The molecule has 0 bridgehead atoms. The Morgan fingerprint density at radius 2 is 0.621 bits per heavy atom. The molecule has 2 heteroatoms. The van der Waals surface area contributed by atoms with Crippen molar-refractivity contribution in [2.24, 2.45) is 82.9 Å². The number of hydrogen-bond donors (Lipinski definition) is 0. The van der Waals surface area contributed by atoms with Gasteiger partial charge in [0.2, 0.25) is 0 Å². The van der Waals surface area contributed by atoms with Crippen molar-refractivity contribution in [3.8, 4) is 0 Å². The van der Waals surface area contributed by atoms with Crippen LogP contribution in [0, 0.1) is 82.9 Å². The molecule has 0 amide bonds. The molecule has 0 aliphatic heterocycles. The van der Waals surface area contributed by atoms with Crippen LogP contribution >= 0.6 is 0 Å². The average molecular weight is 818 g/mol. The lowest BCUT2D eigenvalue weighted by atomic mass is 9.70. The van der Waals surface area contributed by atoms with Crippen molar-refractivity contribution in [2.75, 3.05) is 0 Å². The minimum Gasteiger partial charge on any atom is -0.412 e. The SMILES string of the molecule is CC1=CCC(C2CCC(C)CC2)CC1.CC1CC=C(C2CCC(C)CC2)CC1.CC1CCC(C2CCC(C)CC2)CC1.CC1CCC(C2CCC(C)CC2)CC1.O.O.[HH].[HH].[HH].[HH]. The molecule has 0 aromatic heterocycles. The van der Waals surface area contributed by atoms with Crippen LogP contribution in [0.15, 0.2) is 23.3 Å². The summed E-state index contributed by atoms with van der Waals surface area (Å²) in [5.41, 5.74) is 3.44. The highest BCUT2D eigenvalue weighted by atomic mass is 16.0. The largest absolute Gasteiger partial charge is 0.412 e. The number of hydrogen-bond acceptors (Lipinski definition) is 0. The molecular formula is C56H112O2. The molecule has 2 atom stereocenters. The minimum atomic E-state index is 0. The standard InChI is InChI=1S/2C14H26.2C14H24.2H2O.4H2/c4*1-11-3-7-13(8-4-11)14-9-5-12(2)6-10-14;;;;;;/h2*11-14H,3-10H2,1-2H3;7,11-12,14H,3-6,8-10H2,1-2H3;3,12-14H,4-10H2,1-2H3;2*1H2;4*1H. The fourth-order valence-corrected chi connectivity index (χ4v) is 13.2. The molecule has 58 heavy (non-hydrogen) atoms. The maximum absolute atomic E-state index is 2.56. The van der Waals surface area contributed by atoms with Crippen molar-refractivity contribution in [1.82, 2.24) is 0 Å². The first-order chi connectivity index (χ1) is 27.0. The summed E-state index contributed by atoms with van der Waals surface area (Å²) in [5.74, 6) is 14.5. The zero-order valence-electron chi connectivity index (χ0n) is 40.5. The van der Waals surface area contributed by atoms with Crippen LogP contribution in [0.25, 0.3) is 0 Å². The first-order valence-corrected chi connectivity index (χ1v) is 26.4. The second-order valence-electron chi connectivity index (χ2n) is 23.3. The van der Waals surface area contributed by atoms with Crippen molar-refractivity contribution in [2.45, 2.75) is 248 Å². The Balaban J connectivity index is 0. The Labute approximate surface area is 369 Å². The Hall–Kier alpha value is -0.600. The summed E-state index contributed by atoms with van der Waals surface area (Å²) in [5, 5.41) is 0. The van der Waals surface area contributed by atoms with E-state index in [1.54, 1.807) is 56.9 Å². The van der Waals surface area contributed by atoms with Gasteiger partial charge in [-0.05, 0) is 205 Å². The normalized spacial score (nSPS) is 40.7. The third kappa shape index (κ3) is 18.0. The maximum atomic E-state index is 2.56. The van der Waals surface area contributed by atoms with Gasteiger partial charge >= 0.3 is 0 Å². The molecule has 8 aliphatic carbocycles. The van der Waals surface area contributed by atoms with Crippen LogP contribution < -0.4 is 0 Å². The number of rotatable bonds is 4. The maximum Gasteiger partial charge on any atom is 0 e. The molecule has 8 aliphatic rings. The third-order valence-electron chi connectivity index (χ3n) is 18.2. The lowest BCUT2D eigenvalue weighted by molar-refractivity contribution is 0.155. The van der Waals surface area contributed by atoms with Gasteiger partial charge in [0.05, 0.1) is 0 Å². The fourth-order valence-electron chi connectivity index (χ4n) is 13.2. The van der Waals surface area contributed by atoms with Gasteiger partial charge in [-0.3, -0.25) is 0 Å². The smallest absolute Gasteiger partial charge is 0 e. The van der Waals surface area contributed by atoms with Crippen LogP contribution in [0.4, 0.5) is 0 Å². The van der Waals surface area contributed by atoms with E-state index >= 15 is 0 Å². The van der Waals surface area contributed by atoms with Crippen LogP contribution in [0.5, 0.6) is 0 Å². The van der Waals surface area contributed by atoms with Gasteiger partial charge in [0.15, 0.2) is 0 Å². The highest BCUT2D eigenvalue weighted by molar-refractivity contribution is 5.11. The van der Waals surface area contributed by atoms with Crippen LogP contribution in [-0.2, 0) is 0 Å². The third-order valence-corrected chi connectivity index (χ3v) is 18.2. The Kier molecular flexibility index (Phi) is 24.5. The van der Waals surface area contributed by atoms with E-state index < -0.39 is 0 Å². The van der Waals surface area contributed by atoms with Crippen LogP contribution in [0.1, 0.15) is 254 Å². The van der Waals surface area contributed by atoms with Gasteiger partial charge in [-0.25, -0.2) is 0 Å². The van der Waals surface area contributed by atoms with Crippen molar-refractivity contribution in [3.05, 3.63) is 23.3 Å². The van der Waals surface area contributed by atoms with Gasteiger partial charge in [0.25, 0.3) is 0 Å². The second-order valence-corrected chi connectivity index (χ2v) is 23.3. The van der Waals surface area contributed by atoms with Crippen molar-refractivity contribution >= 4 is 0 Å². The summed E-state index contributed by atoms with van der Waals surface area (Å²) < 4.78 is 0. The van der Waals surface area contributed by atoms with Crippen LogP contribution in [0.3, 0.4) is 0 Å². The molecule has 8 rings (SSSR count). The molecule has 6 saturated carbocycles. The van der Waals surface area contributed by atoms with E-state index in [1.165, 1.54) is 141 Å². The molecule has 348 valence electrons. The predicted octanol–water partition coefficient (Wildman–Crippen LogP) is 17.7. The van der Waals surface area contributed by atoms with E-state index in [1.807, 2.05) is 5.57 Å². The van der Waals surface area contributed by atoms with E-state index in [0.29, 0.717) is 0 Å². The molecule has 2 nitrogen and oxygen atoms in total. The molecule has 4 N–H and O–H groups in total. The van der Waals surface area contributed by atoms with E-state index in [0.717, 1.165) is 82.9 Å². The highest BCUT2D eigenvalue weighted by Gasteiger charge is 2.31. The van der Waals surface area contributed by atoms with E-state index in [-0.39, 0.29) is 16.7 Å². The Bertz CT molecular complexity index is 1030. The van der Waals surface area contributed by atoms with Crippen LogP contribution in [0.2, 0.25) is 0 Å². The van der Waals surface area contributed by atoms with E-state index in [4.69, 9.17) is 0 Å². The monoisotopic (exact) mass is 817 g/mol. The highest BCUT2D eigenvalue weighted by Crippen LogP contribution is 2.43. The lowest BCUT2D eigenvalue weighted by Gasteiger charge is -2.36. The van der Waals surface area contributed by atoms with Gasteiger partial charge < -0.3 is 11.0 Å². The summed E-state index contributed by atoms with van der Waals surface area (Å²) in [7, 11) is 0. The van der Waals surface area contributed by atoms with Gasteiger partial charge in [-0.1, -0.05) is 149 Å². The molecule has 2 unspecified atom stereocenters. The molecular weight excluding hydrogens is 705 g/mol. The topological polar surface area (TPSA) is 63.0 Å². The first kappa shape index (κ1) is 51.7. The average Bonchev–Trinajstić information content (AvgIpc) is 3.21. The lowest BCUT2D eigenvalue weighted by Crippen LogP contribution is -2.24. The number of allylic oxidation sites excluding steroid dienone is 4. The summed E-state index contributed by atoms with van der Waals surface area (Å²) in [4.78, 5) is 0. The van der Waals surface area contributed by atoms with Crippen LogP contribution in [-0.4, -0.2) is 11.0 Å². The van der Waals surface area contributed by atoms with Gasteiger partial charge in [-0.2, -0.15) is 0 Å².